The molecular formula is C36H59NO7. The van der Waals surface area contributed by atoms with E-state index in [-0.39, 0.29) is 45.0 Å². The Morgan fingerprint density at radius 2 is 1.55 bits per heavy atom. The molecule has 0 aromatic rings. The first-order chi connectivity index (χ1) is 20.4. The van der Waals surface area contributed by atoms with Crippen molar-refractivity contribution >= 4 is 5.91 Å². The van der Waals surface area contributed by atoms with Gasteiger partial charge in [0.25, 0.3) is 0 Å². The lowest BCUT2D eigenvalue weighted by molar-refractivity contribution is -0.238. The van der Waals surface area contributed by atoms with Crippen molar-refractivity contribution in [2.24, 2.45) is 50.2 Å². The molecule has 0 spiro atoms. The smallest absolute Gasteiger partial charge is 0.228 e. The number of aliphatic hydroxyl groups is 5. The van der Waals surface area contributed by atoms with Gasteiger partial charge < -0.3 is 35.6 Å². The van der Waals surface area contributed by atoms with Crippen LogP contribution < -0.4 is 5.32 Å². The maximum Gasteiger partial charge on any atom is 0.228 e. The van der Waals surface area contributed by atoms with E-state index in [9.17, 15) is 30.3 Å². The summed E-state index contributed by atoms with van der Waals surface area (Å²) in [6.07, 6.45) is 4.92. The van der Waals surface area contributed by atoms with E-state index in [1.807, 2.05) is 0 Å². The molecule has 0 bridgehead atoms. The molecule has 250 valence electrons. The van der Waals surface area contributed by atoms with E-state index < -0.39 is 42.7 Å². The summed E-state index contributed by atoms with van der Waals surface area (Å²) < 4.78 is 5.73. The predicted molar refractivity (Wildman–Crippen MR) is 167 cm³/mol. The molecule has 44 heavy (non-hydrogen) atoms. The summed E-state index contributed by atoms with van der Waals surface area (Å²) in [6.45, 7) is 16.2. The van der Waals surface area contributed by atoms with Gasteiger partial charge in [0.15, 0.2) is 6.23 Å². The number of nitrogens with one attached hydrogen (secondary N) is 1. The normalized spacial score (nSPS) is 52.8. The molecule has 0 aromatic heterocycles. The molecule has 0 radical (unpaired) electrons. The van der Waals surface area contributed by atoms with E-state index in [0.717, 1.165) is 64.2 Å². The zero-order valence-electron chi connectivity index (χ0n) is 28.1. The molecule has 1 amide bonds. The first-order valence-corrected chi connectivity index (χ1v) is 17.4. The highest BCUT2D eigenvalue weighted by molar-refractivity contribution is 5.84. The van der Waals surface area contributed by atoms with Crippen LogP contribution in [-0.2, 0) is 9.53 Å². The number of rotatable bonds is 3. The average Bonchev–Trinajstić information content (AvgIpc) is 2.95. The predicted octanol–water partition coefficient (Wildman–Crippen LogP) is 4.07. The van der Waals surface area contributed by atoms with Crippen molar-refractivity contribution < 1.29 is 35.1 Å². The maximum atomic E-state index is 14.5. The minimum atomic E-state index is -1.53. The Kier molecular flexibility index (Phi) is 7.84. The molecule has 6 rings (SSSR count). The molecule has 8 nitrogen and oxygen atoms in total. The van der Waals surface area contributed by atoms with Gasteiger partial charge >= 0.3 is 0 Å². The third-order valence-electron chi connectivity index (χ3n) is 15.2. The van der Waals surface area contributed by atoms with E-state index in [1.54, 1.807) is 0 Å². The van der Waals surface area contributed by atoms with Crippen molar-refractivity contribution in [1.82, 2.24) is 5.32 Å². The highest BCUT2D eigenvalue weighted by Gasteiger charge is 2.69. The zero-order chi connectivity index (χ0) is 32.3. The average molecular weight is 618 g/mol. The molecule has 5 unspecified atom stereocenters. The number of aliphatic hydroxyl groups excluding tert-OH is 5. The lowest BCUT2D eigenvalue weighted by Crippen LogP contribution is -2.67. The lowest BCUT2D eigenvalue weighted by Gasteiger charge is -2.71. The fourth-order valence-corrected chi connectivity index (χ4v) is 12.1. The Bertz CT molecular complexity index is 1180. The molecule has 5 aliphatic carbocycles. The van der Waals surface area contributed by atoms with Gasteiger partial charge in [0.05, 0.1) is 18.1 Å². The first-order valence-electron chi connectivity index (χ1n) is 17.4. The molecule has 6 N–H and O–H groups in total. The van der Waals surface area contributed by atoms with Crippen molar-refractivity contribution in [3.63, 3.8) is 0 Å². The SMILES string of the molecule is CC1(C)CC[C@]2(C(=O)N[C@H]3OC(CO)[C@@H](O)[C@@H](O)C3O)CC[C@]3(C)C(=CCC4[C@@]5(C)CC[C@H](O)C(C)(C)C5CC[C@]43C)C2C1. The van der Waals surface area contributed by atoms with Crippen molar-refractivity contribution in [2.45, 2.75) is 149 Å². The molecule has 4 saturated carbocycles. The van der Waals surface area contributed by atoms with Crippen LogP contribution >= 0.6 is 0 Å². The summed E-state index contributed by atoms with van der Waals surface area (Å²) in [5.74, 6) is 0.899. The van der Waals surface area contributed by atoms with E-state index in [4.69, 9.17) is 4.74 Å². The largest absolute Gasteiger partial charge is 0.394 e. The summed E-state index contributed by atoms with van der Waals surface area (Å²) >= 11 is 0. The quantitative estimate of drug-likeness (QED) is 0.263. The van der Waals surface area contributed by atoms with Crippen LogP contribution in [0.3, 0.4) is 0 Å². The van der Waals surface area contributed by atoms with Crippen LogP contribution in [0.1, 0.15) is 113 Å². The van der Waals surface area contributed by atoms with Gasteiger partial charge in [-0.2, -0.15) is 0 Å². The van der Waals surface area contributed by atoms with Crippen LogP contribution in [0.2, 0.25) is 0 Å². The van der Waals surface area contributed by atoms with Crippen molar-refractivity contribution in [3.05, 3.63) is 11.6 Å². The van der Waals surface area contributed by atoms with Crippen molar-refractivity contribution in [2.75, 3.05) is 6.61 Å². The second-order valence-electron chi connectivity index (χ2n) is 18.0. The van der Waals surface area contributed by atoms with Gasteiger partial charge in [0.1, 0.15) is 24.4 Å². The molecule has 13 atom stereocenters. The Labute approximate surface area is 264 Å². The van der Waals surface area contributed by atoms with Crippen LogP contribution in [0.15, 0.2) is 11.6 Å². The fourth-order valence-electron chi connectivity index (χ4n) is 12.1. The standard InChI is InChI=1S/C36H59NO7/c1-31(2)14-16-36(30(43)37-29-28(42)27(41)26(40)22(19-38)44-29)17-15-34(6)20(21(36)18-31)8-9-24-33(5)12-11-25(39)32(3,4)23(33)10-13-35(24,34)7/h8,21-29,38-42H,9-19H2,1-7H3,(H,37,43)/t21?,22?,23?,24?,25-,26+,27+,28?,29-,33-,34+,35+,36-/m0/s1. The lowest BCUT2D eigenvalue weighted by atomic mass is 9.33. The van der Waals surface area contributed by atoms with Crippen LogP contribution in [0, 0.1) is 50.2 Å². The number of hydrogen-bond donors (Lipinski definition) is 6. The number of hydrogen-bond acceptors (Lipinski definition) is 7. The first kappa shape index (κ1) is 32.9. The number of amides is 1. The third-order valence-corrected chi connectivity index (χ3v) is 15.2. The van der Waals surface area contributed by atoms with Crippen LogP contribution in [-0.4, -0.2) is 74.8 Å². The number of allylic oxidation sites excluding steroid dienone is 2. The number of ether oxygens (including phenoxy) is 1. The van der Waals surface area contributed by atoms with Gasteiger partial charge in [-0.3, -0.25) is 4.79 Å². The summed E-state index contributed by atoms with van der Waals surface area (Å²) in [5.41, 5.74) is 0.967. The molecule has 0 aromatic carbocycles. The van der Waals surface area contributed by atoms with Gasteiger partial charge in [-0.1, -0.05) is 60.1 Å². The maximum absolute atomic E-state index is 14.5. The monoisotopic (exact) mass is 617 g/mol. The number of carbonyl (C=O) groups excluding carboxylic acids is 1. The topological polar surface area (TPSA) is 139 Å². The van der Waals surface area contributed by atoms with Gasteiger partial charge in [-0.15, -0.1) is 0 Å². The Morgan fingerprint density at radius 1 is 0.864 bits per heavy atom. The number of carbonyl (C=O) groups is 1. The molecule has 5 fully saturated rings. The summed E-state index contributed by atoms with van der Waals surface area (Å²) in [6, 6.07) is 0. The fraction of sp³-hybridized carbons (Fsp3) is 0.917. The van der Waals surface area contributed by atoms with Crippen molar-refractivity contribution in [1.29, 1.82) is 0 Å². The highest BCUT2D eigenvalue weighted by atomic mass is 16.6. The molecular weight excluding hydrogens is 558 g/mol. The van der Waals surface area contributed by atoms with Gasteiger partial charge in [-0.25, -0.2) is 0 Å². The van der Waals surface area contributed by atoms with Crippen molar-refractivity contribution in [3.8, 4) is 0 Å². The van der Waals surface area contributed by atoms with Crippen LogP contribution in [0.5, 0.6) is 0 Å². The Hall–Kier alpha value is -1.03. The van der Waals surface area contributed by atoms with Gasteiger partial charge in [0.2, 0.25) is 5.91 Å². The van der Waals surface area contributed by atoms with E-state index in [1.165, 1.54) is 5.57 Å². The third kappa shape index (κ3) is 4.40. The van der Waals surface area contributed by atoms with Crippen LogP contribution in [0.25, 0.3) is 0 Å². The molecule has 1 saturated heterocycles. The number of fused-ring (bicyclic) bond motifs is 7. The van der Waals surface area contributed by atoms with E-state index in [0.29, 0.717) is 11.8 Å². The second-order valence-corrected chi connectivity index (χ2v) is 18.0. The van der Waals surface area contributed by atoms with E-state index in [2.05, 4.69) is 59.9 Å². The highest BCUT2D eigenvalue weighted by Crippen LogP contribution is 2.75. The van der Waals surface area contributed by atoms with Gasteiger partial charge in [0, 0.05) is 0 Å². The minimum Gasteiger partial charge on any atom is -0.394 e. The molecule has 6 aliphatic rings. The van der Waals surface area contributed by atoms with E-state index >= 15 is 0 Å². The summed E-state index contributed by atoms with van der Waals surface area (Å²) in [5, 5.41) is 55.1. The summed E-state index contributed by atoms with van der Waals surface area (Å²) in [7, 11) is 0. The second kappa shape index (κ2) is 10.5. The Morgan fingerprint density at radius 3 is 2.23 bits per heavy atom. The van der Waals surface area contributed by atoms with Crippen LogP contribution in [0.4, 0.5) is 0 Å². The minimum absolute atomic E-state index is 0.0465. The molecule has 1 aliphatic heterocycles. The zero-order valence-corrected chi connectivity index (χ0v) is 28.1. The molecule has 8 heteroatoms. The Balaban J connectivity index is 1.35. The van der Waals surface area contributed by atoms with Gasteiger partial charge in [-0.05, 0) is 109 Å². The molecule has 1 heterocycles. The summed E-state index contributed by atoms with van der Waals surface area (Å²) in [4.78, 5) is 14.5.